The topological polar surface area (TPSA) is 21.3 Å². The Kier molecular flexibility index (Phi) is 5.85. The first-order valence-corrected chi connectivity index (χ1v) is 7.42. The van der Waals surface area contributed by atoms with E-state index in [9.17, 15) is 4.39 Å². The summed E-state index contributed by atoms with van der Waals surface area (Å²) in [7, 11) is 0. The lowest BCUT2D eigenvalue weighted by Gasteiger charge is -2.13. The first kappa shape index (κ1) is 16.1. The second-order valence-electron chi connectivity index (χ2n) is 4.53. The van der Waals surface area contributed by atoms with Crippen molar-refractivity contribution in [3.63, 3.8) is 0 Å². The minimum Gasteiger partial charge on any atom is -0.489 e. The van der Waals surface area contributed by atoms with Gasteiger partial charge in [0.25, 0.3) is 0 Å². The lowest BCUT2D eigenvalue weighted by atomic mass is 10.2. The summed E-state index contributed by atoms with van der Waals surface area (Å²) in [6, 6.07) is 10.1. The van der Waals surface area contributed by atoms with Crippen LogP contribution >= 0.6 is 23.2 Å². The molecule has 0 saturated carbocycles. The molecule has 1 N–H and O–H groups in total. The molecule has 0 unspecified atom stereocenters. The molecular weight excluding hydrogens is 312 g/mol. The van der Waals surface area contributed by atoms with E-state index in [0.717, 1.165) is 17.7 Å². The molecule has 0 atom stereocenters. The number of ether oxygens (including phenoxy) is 1. The summed E-state index contributed by atoms with van der Waals surface area (Å²) in [5, 5.41) is 3.98. The van der Waals surface area contributed by atoms with Crippen LogP contribution in [0.15, 0.2) is 36.4 Å². The monoisotopic (exact) mass is 327 g/mol. The third-order valence-corrected chi connectivity index (χ3v) is 3.65. The Bertz CT molecular complexity index is 619. The Hall–Kier alpha value is -1.29. The molecule has 0 spiro atoms. The fourth-order valence-corrected chi connectivity index (χ4v) is 2.32. The Balaban J connectivity index is 2.12. The molecule has 0 saturated heterocycles. The predicted molar refractivity (Wildman–Crippen MR) is 84.6 cm³/mol. The summed E-state index contributed by atoms with van der Waals surface area (Å²) in [6.07, 6.45) is 0. The fraction of sp³-hybridized carbons (Fsp3) is 0.250. The summed E-state index contributed by atoms with van der Waals surface area (Å²) in [5.74, 6) is 0.278. The van der Waals surface area contributed by atoms with Crippen LogP contribution in [0, 0.1) is 5.82 Å². The van der Waals surface area contributed by atoms with Crippen LogP contribution in [0.1, 0.15) is 18.1 Å². The average molecular weight is 328 g/mol. The summed E-state index contributed by atoms with van der Waals surface area (Å²) >= 11 is 12.0. The number of halogens is 3. The third-order valence-electron chi connectivity index (χ3n) is 3.01. The second kappa shape index (κ2) is 7.64. The molecule has 2 aromatic rings. The van der Waals surface area contributed by atoms with Gasteiger partial charge in [0.15, 0.2) is 0 Å². The first-order valence-electron chi connectivity index (χ1n) is 6.66. The number of benzene rings is 2. The van der Waals surface area contributed by atoms with E-state index in [-0.39, 0.29) is 5.02 Å². The van der Waals surface area contributed by atoms with Crippen LogP contribution in [-0.4, -0.2) is 6.54 Å². The predicted octanol–water partition coefficient (Wildman–Crippen LogP) is 4.82. The van der Waals surface area contributed by atoms with Crippen LogP contribution in [0.3, 0.4) is 0 Å². The maximum Gasteiger partial charge on any atom is 0.141 e. The van der Waals surface area contributed by atoms with E-state index in [0.29, 0.717) is 23.9 Å². The maximum absolute atomic E-state index is 13.1. The average Bonchev–Trinajstić information content (AvgIpc) is 2.47. The van der Waals surface area contributed by atoms with Gasteiger partial charge in [-0.2, -0.15) is 0 Å². The zero-order valence-electron chi connectivity index (χ0n) is 11.6. The Morgan fingerprint density at radius 1 is 1.14 bits per heavy atom. The van der Waals surface area contributed by atoms with Gasteiger partial charge in [-0.3, -0.25) is 0 Å². The Morgan fingerprint density at radius 3 is 2.67 bits per heavy atom. The van der Waals surface area contributed by atoms with Crippen LogP contribution in [0.25, 0.3) is 0 Å². The molecular formula is C16H16Cl2FNO. The van der Waals surface area contributed by atoms with E-state index in [1.807, 2.05) is 25.1 Å². The first-order chi connectivity index (χ1) is 10.1. The molecule has 0 fully saturated rings. The van der Waals surface area contributed by atoms with Crippen LogP contribution in [0.4, 0.5) is 4.39 Å². The molecule has 0 radical (unpaired) electrons. The van der Waals surface area contributed by atoms with Crippen LogP contribution in [0.5, 0.6) is 5.75 Å². The van der Waals surface area contributed by atoms with Crippen molar-refractivity contribution >= 4 is 23.2 Å². The van der Waals surface area contributed by atoms with Gasteiger partial charge in [-0.1, -0.05) is 42.3 Å². The molecule has 5 heteroatoms. The van der Waals surface area contributed by atoms with Gasteiger partial charge >= 0.3 is 0 Å². The molecule has 0 aliphatic rings. The zero-order valence-corrected chi connectivity index (χ0v) is 13.1. The summed E-state index contributed by atoms with van der Waals surface area (Å²) in [6.45, 7) is 3.81. The van der Waals surface area contributed by atoms with Crippen molar-refractivity contribution in [3.8, 4) is 5.75 Å². The van der Waals surface area contributed by atoms with Crippen molar-refractivity contribution in [3.05, 3.63) is 63.4 Å². The van der Waals surface area contributed by atoms with Crippen molar-refractivity contribution in [2.75, 3.05) is 6.54 Å². The molecule has 0 heterocycles. The number of rotatable bonds is 6. The van der Waals surface area contributed by atoms with E-state index in [1.54, 1.807) is 12.1 Å². The van der Waals surface area contributed by atoms with Gasteiger partial charge in [-0.25, -0.2) is 4.39 Å². The summed E-state index contributed by atoms with van der Waals surface area (Å²) in [5.41, 5.74) is 1.71. The highest BCUT2D eigenvalue weighted by Gasteiger charge is 2.08. The van der Waals surface area contributed by atoms with Crippen LogP contribution in [0.2, 0.25) is 10.0 Å². The van der Waals surface area contributed by atoms with Crippen molar-refractivity contribution < 1.29 is 9.13 Å². The Morgan fingerprint density at radius 2 is 1.95 bits per heavy atom. The minimum atomic E-state index is -0.434. The van der Waals surface area contributed by atoms with Crippen LogP contribution < -0.4 is 10.1 Å². The van der Waals surface area contributed by atoms with Gasteiger partial charge in [0.2, 0.25) is 0 Å². The van der Waals surface area contributed by atoms with Gasteiger partial charge in [0.05, 0.1) is 5.02 Å². The highest BCUT2D eigenvalue weighted by Crippen LogP contribution is 2.27. The molecule has 0 amide bonds. The molecule has 0 bridgehead atoms. The second-order valence-corrected chi connectivity index (χ2v) is 5.35. The van der Waals surface area contributed by atoms with Gasteiger partial charge in [-0.05, 0) is 36.4 Å². The normalized spacial score (nSPS) is 10.7. The van der Waals surface area contributed by atoms with Crippen molar-refractivity contribution in [1.29, 1.82) is 0 Å². The van der Waals surface area contributed by atoms with Gasteiger partial charge in [-0.15, -0.1) is 0 Å². The fourth-order valence-electron chi connectivity index (χ4n) is 1.89. The van der Waals surface area contributed by atoms with E-state index in [4.69, 9.17) is 27.9 Å². The Labute approximate surface area is 133 Å². The molecule has 0 aromatic heterocycles. The van der Waals surface area contributed by atoms with Gasteiger partial charge < -0.3 is 10.1 Å². The smallest absolute Gasteiger partial charge is 0.141 e. The molecule has 2 nitrogen and oxygen atoms in total. The lowest BCUT2D eigenvalue weighted by molar-refractivity contribution is 0.302. The van der Waals surface area contributed by atoms with E-state index in [1.165, 1.54) is 6.07 Å². The van der Waals surface area contributed by atoms with Crippen molar-refractivity contribution in [2.24, 2.45) is 0 Å². The minimum absolute atomic E-state index is 0.0927. The zero-order chi connectivity index (χ0) is 15.2. The standard InChI is InChI=1S/C16H16Cl2FNO/c1-2-20-9-12-13(17)4-3-5-16(12)21-10-11-6-7-15(19)14(18)8-11/h3-8,20H,2,9-10H2,1H3. The SMILES string of the molecule is CCNCc1c(Cl)cccc1OCc1ccc(F)c(Cl)c1. The molecule has 2 aromatic carbocycles. The highest BCUT2D eigenvalue weighted by molar-refractivity contribution is 6.31. The molecule has 0 aliphatic carbocycles. The van der Waals surface area contributed by atoms with Gasteiger partial charge in [0, 0.05) is 17.1 Å². The van der Waals surface area contributed by atoms with Crippen molar-refractivity contribution in [1.82, 2.24) is 5.32 Å². The largest absolute Gasteiger partial charge is 0.489 e. The highest BCUT2D eigenvalue weighted by atomic mass is 35.5. The van der Waals surface area contributed by atoms with Crippen LogP contribution in [-0.2, 0) is 13.2 Å². The lowest BCUT2D eigenvalue weighted by Crippen LogP contribution is -2.13. The van der Waals surface area contributed by atoms with E-state index in [2.05, 4.69) is 5.32 Å². The van der Waals surface area contributed by atoms with E-state index < -0.39 is 5.82 Å². The molecule has 21 heavy (non-hydrogen) atoms. The molecule has 2 rings (SSSR count). The quantitative estimate of drug-likeness (QED) is 0.821. The number of hydrogen-bond acceptors (Lipinski definition) is 2. The summed E-state index contributed by atoms with van der Waals surface area (Å²) in [4.78, 5) is 0. The number of nitrogens with one attached hydrogen (secondary N) is 1. The molecule has 112 valence electrons. The number of hydrogen-bond donors (Lipinski definition) is 1. The molecule has 0 aliphatic heterocycles. The van der Waals surface area contributed by atoms with Crippen molar-refractivity contribution in [2.45, 2.75) is 20.1 Å². The van der Waals surface area contributed by atoms with Gasteiger partial charge in [0.1, 0.15) is 18.2 Å². The third kappa shape index (κ3) is 4.34. The maximum atomic E-state index is 13.1. The van der Waals surface area contributed by atoms with E-state index >= 15 is 0 Å². The summed E-state index contributed by atoms with van der Waals surface area (Å²) < 4.78 is 18.9.